The third-order valence-electron chi connectivity index (χ3n) is 4.13. The van der Waals surface area contributed by atoms with Gasteiger partial charge in [0.05, 0.1) is 16.6 Å². The number of benzene rings is 2. The molecule has 0 aliphatic rings. The molecule has 0 saturated heterocycles. The summed E-state index contributed by atoms with van der Waals surface area (Å²) < 4.78 is 0. The lowest BCUT2D eigenvalue weighted by molar-refractivity contribution is 0.0785. The van der Waals surface area contributed by atoms with E-state index in [1.165, 1.54) is 0 Å². The van der Waals surface area contributed by atoms with Gasteiger partial charge in [0.1, 0.15) is 0 Å². The van der Waals surface area contributed by atoms with Gasteiger partial charge in [-0.2, -0.15) is 0 Å². The van der Waals surface area contributed by atoms with Crippen LogP contribution in [0.2, 0.25) is 0 Å². The summed E-state index contributed by atoms with van der Waals surface area (Å²) in [7, 11) is 1.79. The highest BCUT2D eigenvalue weighted by Gasteiger charge is 2.13. The molecule has 0 aliphatic heterocycles. The van der Waals surface area contributed by atoms with E-state index in [9.17, 15) is 4.79 Å². The number of carbonyl (C=O) groups excluding carboxylic acids is 1. The van der Waals surface area contributed by atoms with Gasteiger partial charge in [-0.05, 0) is 35.9 Å². The van der Waals surface area contributed by atoms with Crippen LogP contribution in [0.25, 0.3) is 21.9 Å². The van der Waals surface area contributed by atoms with Crippen molar-refractivity contribution >= 4 is 27.8 Å². The molecule has 25 heavy (non-hydrogen) atoms. The molecule has 0 aliphatic carbocycles. The van der Waals surface area contributed by atoms with Crippen LogP contribution in [0.15, 0.2) is 67.1 Å². The molecule has 1 amide bonds. The Hall–Kier alpha value is -3.34. The van der Waals surface area contributed by atoms with Crippen molar-refractivity contribution in [2.45, 2.75) is 6.54 Å². The average molecular weight is 328 g/mol. The monoisotopic (exact) mass is 328 g/mol. The van der Waals surface area contributed by atoms with Gasteiger partial charge in [0, 0.05) is 43.1 Å². The Balaban J connectivity index is 1.57. The van der Waals surface area contributed by atoms with E-state index in [2.05, 4.69) is 21.0 Å². The van der Waals surface area contributed by atoms with Gasteiger partial charge >= 0.3 is 0 Å². The molecule has 5 heteroatoms. The highest BCUT2D eigenvalue weighted by atomic mass is 16.2. The van der Waals surface area contributed by atoms with Crippen molar-refractivity contribution in [3.05, 3.63) is 78.2 Å². The van der Waals surface area contributed by atoms with E-state index in [0.29, 0.717) is 17.6 Å². The Morgan fingerprint density at radius 3 is 2.60 bits per heavy atom. The number of hydrogen-bond acceptors (Lipinski definition) is 4. The lowest BCUT2D eigenvalue weighted by Crippen LogP contribution is -2.26. The number of carbonyl (C=O) groups is 1. The standard InChI is InChI=1S/C20H16N4O/c1-24(13-14-10-15-4-2-3-5-17(15)23-12-14)20(25)16-6-7-18-19(11-16)22-9-8-21-18/h2-12H,13H2,1H3. The van der Waals surface area contributed by atoms with Gasteiger partial charge in [-0.1, -0.05) is 18.2 Å². The lowest BCUT2D eigenvalue weighted by Gasteiger charge is -2.17. The minimum absolute atomic E-state index is 0.0549. The highest BCUT2D eigenvalue weighted by molar-refractivity contribution is 5.97. The Bertz CT molecular complexity index is 1080. The molecular formula is C20H16N4O. The quantitative estimate of drug-likeness (QED) is 0.578. The first-order valence-electron chi connectivity index (χ1n) is 8.00. The van der Waals surface area contributed by atoms with Gasteiger partial charge in [0.25, 0.3) is 5.91 Å². The minimum Gasteiger partial charge on any atom is -0.337 e. The molecule has 0 atom stereocenters. The molecule has 2 aromatic carbocycles. The molecule has 0 fully saturated rings. The fraction of sp³-hybridized carbons (Fsp3) is 0.100. The smallest absolute Gasteiger partial charge is 0.253 e. The van der Waals surface area contributed by atoms with Crippen LogP contribution in [0.1, 0.15) is 15.9 Å². The van der Waals surface area contributed by atoms with E-state index in [4.69, 9.17) is 0 Å². The Kier molecular flexibility index (Phi) is 3.82. The first kappa shape index (κ1) is 15.2. The summed E-state index contributed by atoms with van der Waals surface area (Å²) in [6, 6.07) is 15.4. The van der Waals surface area contributed by atoms with Crippen molar-refractivity contribution in [3.8, 4) is 0 Å². The molecule has 0 radical (unpaired) electrons. The number of para-hydroxylation sites is 1. The zero-order valence-corrected chi connectivity index (χ0v) is 13.8. The topological polar surface area (TPSA) is 59.0 Å². The molecule has 0 unspecified atom stereocenters. The van der Waals surface area contributed by atoms with Crippen LogP contribution < -0.4 is 0 Å². The summed E-state index contributed by atoms with van der Waals surface area (Å²) >= 11 is 0. The number of fused-ring (bicyclic) bond motifs is 2. The van der Waals surface area contributed by atoms with Crippen molar-refractivity contribution in [2.24, 2.45) is 0 Å². The molecule has 0 bridgehead atoms. The minimum atomic E-state index is -0.0549. The molecule has 0 saturated carbocycles. The number of pyridine rings is 1. The predicted molar refractivity (Wildman–Crippen MR) is 97.1 cm³/mol. The summed E-state index contributed by atoms with van der Waals surface area (Å²) in [6.45, 7) is 0.495. The van der Waals surface area contributed by atoms with Crippen molar-refractivity contribution in [1.29, 1.82) is 0 Å². The van der Waals surface area contributed by atoms with Crippen LogP contribution in [0.5, 0.6) is 0 Å². The molecule has 0 N–H and O–H groups in total. The normalized spacial score (nSPS) is 10.9. The maximum absolute atomic E-state index is 12.7. The second kappa shape index (κ2) is 6.28. The summed E-state index contributed by atoms with van der Waals surface area (Å²) in [5.41, 5.74) is 4.04. The first-order chi connectivity index (χ1) is 12.2. The molecule has 122 valence electrons. The van der Waals surface area contributed by atoms with E-state index in [-0.39, 0.29) is 5.91 Å². The Morgan fingerprint density at radius 1 is 0.920 bits per heavy atom. The van der Waals surface area contributed by atoms with E-state index < -0.39 is 0 Å². The number of hydrogen-bond donors (Lipinski definition) is 0. The summed E-state index contributed by atoms with van der Waals surface area (Å²) in [4.78, 5) is 27.3. The third-order valence-corrected chi connectivity index (χ3v) is 4.13. The molecule has 4 rings (SSSR count). The molecule has 0 spiro atoms. The van der Waals surface area contributed by atoms with Crippen molar-refractivity contribution in [3.63, 3.8) is 0 Å². The van der Waals surface area contributed by atoms with Crippen LogP contribution >= 0.6 is 0 Å². The Labute approximate surface area is 145 Å². The van der Waals surface area contributed by atoms with Crippen molar-refractivity contribution in [1.82, 2.24) is 19.9 Å². The number of aromatic nitrogens is 3. The van der Waals surface area contributed by atoms with E-state index in [0.717, 1.165) is 22.0 Å². The zero-order chi connectivity index (χ0) is 17.2. The number of amides is 1. The number of nitrogens with zero attached hydrogens (tertiary/aromatic N) is 4. The highest BCUT2D eigenvalue weighted by Crippen LogP contribution is 2.16. The second-order valence-corrected chi connectivity index (χ2v) is 5.96. The van der Waals surface area contributed by atoms with E-state index in [1.54, 1.807) is 36.5 Å². The molecule has 2 heterocycles. The molecule has 4 aromatic rings. The molecule has 2 aromatic heterocycles. The zero-order valence-electron chi connectivity index (χ0n) is 13.8. The van der Waals surface area contributed by atoms with Gasteiger partial charge in [-0.25, -0.2) is 0 Å². The lowest BCUT2D eigenvalue weighted by atomic mass is 10.1. The molecular weight excluding hydrogens is 312 g/mol. The van der Waals surface area contributed by atoms with Gasteiger partial charge in [0.15, 0.2) is 0 Å². The fourth-order valence-corrected chi connectivity index (χ4v) is 2.87. The van der Waals surface area contributed by atoms with Crippen LogP contribution in [-0.4, -0.2) is 32.8 Å². The summed E-state index contributed by atoms with van der Waals surface area (Å²) in [5.74, 6) is -0.0549. The van der Waals surface area contributed by atoms with Crippen molar-refractivity contribution < 1.29 is 4.79 Å². The first-order valence-corrected chi connectivity index (χ1v) is 8.00. The van der Waals surface area contributed by atoms with E-state index in [1.807, 2.05) is 36.5 Å². The summed E-state index contributed by atoms with van der Waals surface area (Å²) in [5, 5.41) is 1.07. The maximum Gasteiger partial charge on any atom is 0.253 e. The molecule has 5 nitrogen and oxygen atoms in total. The van der Waals surface area contributed by atoms with Crippen molar-refractivity contribution in [2.75, 3.05) is 7.05 Å². The summed E-state index contributed by atoms with van der Waals surface area (Å²) in [6.07, 6.45) is 5.09. The van der Waals surface area contributed by atoms with Gasteiger partial charge in [-0.15, -0.1) is 0 Å². The third kappa shape index (κ3) is 3.04. The fourth-order valence-electron chi connectivity index (χ4n) is 2.87. The predicted octanol–water partition coefficient (Wildman–Crippen LogP) is 3.45. The van der Waals surface area contributed by atoms with Gasteiger partial charge < -0.3 is 4.90 Å². The van der Waals surface area contributed by atoms with Crippen LogP contribution in [0.4, 0.5) is 0 Å². The SMILES string of the molecule is CN(Cc1cnc2ccccc2c1)C(=O)c1ccc2nccnc2c1. The van der Waals surface area contributed by atoms with Crippen LogP contribution in [-0.2, 0) is 6.54 Å². The van der Waals surface area contributed by atoms with Crippen LogP contribution in [0, 0.1) is 0 Å². The maximum atomic E-state index is 12.7. The van der Waals surface area contributed by atoms with Gasteiger partial charge in [-0.3, -0.25) is 19.7 Å². The second-order valence-electron chi connectivity index (χ2n) is 5.96. The van der Waals surface area contributed by atoms with E-state index >= 15 is 0 Å². The largest absolute Gasteiger partial charge is 0.337 e. The Morgan fingerprint density at radius 2 is 1.72 bits per heavy atom. The van der Waals surface area contributed by atoms with Crippen LogP contribution in [0.3, 0.4) is 0 Å². The average Bonchev–Trinajstić information content (AvgIpc) is 2.67. The van der Waals surface area contributed by atoms with Gasteiger partial charge in [0.2, 0.25) is 0 Å². The number of rotatable bonds is 3.